The molecule has 0 bridgehead atoms. The van der Waals surface area contributed by atoms with Crippen LogP contribution in [0.2, 0.25) is 0 Å². The summed E-state index contributed by atoms with van der Waals surface area (Å²) in [7, 11) is 0. The number of hydrogen-bond acceptors (Lipinski definition) is 2. The normalized spacial score (nSPS) is 17.6. The lowest BCUT2D eigenvalue weighted by atomic mass is 9.67. The standard InChI is InChI=1S/C14H21FN2/c1-3-14(5-4-6-14)9-17-13-7-10(2)11(15)8-12(13)16/h7-8,17H,3-6,9,16H2,1-2H3. The van der Waals surface area contributed by atoms with E-state index in [0.717, 1.165) is 12.2 Å². The predicted octanol–water partition coefficient (Wildman–Crippen LogP) is 3.71. The molecule has 3 heteroatoms. The van der Waals surface area contributed by atoms with E-state index >= 15 is 0 Å². The van der Waals surface area contributed by atoms with Gasteiger partial charge in [0.05, 0.1) is 11.4 Å². The minimum absolute atomic E-state index is 0.234. The number of halogens is 1. The molecular formula is C14H21FN2. The van der Waals surface area contributed by atoms with Crippen LogP contribution in [0.4, 0.5) is 15.8 Å². The summed E-state index contributed by atoms with van der Waals surface area (Å²) in [4.78, 5) is 0. The average molecular weight is 236 g/mol. The van der Waals surface area contributed by atoms with Gasteiger partial charge in [-0.15, -0.1) is 0 Å². The third-order valence-corrected chi connectivity index (χ3v) is 4.15. The Morgan fingerprint density at radius 2 is 2.12 bits per heavy atom. The van der Waals surface area contributed by atoms with E-state index in [1.165, 1.54) is 31.7 Å². The number of benzene rings is 1. The molecule has 3 N–H and O–H groups in total. The summed E-state index contributed by atoms with van der Waals surface area (Å²) < 4.78 is 13.3. The Labute approximate surface area is 102 Å². The van der Waals surface area contributed by atoms with Crippen molar-refractivity contribution in [3.63, 3.8) is 0 Å². The summed E-state index contributed by atoms with van der Waals surface area (Å²) in [5.41, 5.74) is 8.26. The van der Waals surface area contributed by atoms with Crippen molar-refractivity contribution >= 4 is 11.4 Å². The molecule has 0 radical (unpaired) electrons. The summed E-state index contributed by atoms with van der Waals surface area (Å²) in [6, 6.07) is 3.20. The Hall–Kier alpha value is -1.25. The molecule has 2 rings (SSSR count). The Kier molecular flexibility index (Phi) is 3.27. The quantitative estimate of drug-likeness (QED) is 0.782. The molecule has 0 atom stereocenters. The predicted molar refractivity (Wildman–Crippen MR) is 70.6 cm³/mol. The van der Waals surface area contributed by atoms with Crippen LogP contribution in [-0.4, -0.2) is 6.54 Å². The molecule has 1 aromatic carbocycles. The van der Waals surface area contributed by atoms with Crippen molar-refractivity contribution in [1.82, 2.24) is 0 Å². The second-order valence-electron chi connectivity index (χ2n) is 5.25. The van der Waals surface area contributed by atoms with Gasteiger partial charge < -0.3 is 11.1 Å². The highest BCUT2D eigenvalue weighted by Gasteiger charge is 2.34. The van der Waals surface area contributed by atoms with Crippen molar-refractivity contribution in [1.29, 1.82) is 0 Å². The topological polar surface area (TPSA) is 38.0 Å². The van der Waals surface area contributed by atoms with Gasteiger partial charge in [-0.25, -0.2) is 4.39 Å². The summed E-state index contributed by atoms with van der Waals surface area (Å²) in [5.74, 6) is -0.234. The Morgan fingerprint density at radius 1 is 1.41 bits per heavy atom. The molecule has 0 aromatic heterocycles. The number of aryl methyl sites for hydroxylation is 1. The third kappa shape index (κ3) is 2.38. The number of nitrogens with two attached hydrogens (primary N) is 1. The highest BCUT2D eigenvalue weighted by Crippen LogP contribution is 2.44. The van der Waals surface area contributed by atoms with Crippen LogP contribution in [0.1, 0.15) is 38.2 Å². The van der Waals surface area contributed by atoms with Gasteiger partial charge in [0.15, 0.2) is 0 Å². The summed E-state index contributed by atoms with van der Waals surface area (Å²) in [6.07, 6.45) is 5.10. The van der Waals surface area contributed by atoms with Gasteiger partial charge in [-0.1, -0.05) is 13.3 Å². The van der Waals surface area contributed by atoms with Crippen LogP contribution in [0.25, 0.3) is 0 Å². The molecule has 0 saturated heterocycles. The van der Waals surface area contributed by atoms with Crippen molar-refractivity contribution in [3.05, 3.63) is 23.5 Å². The van der Waals surface area contributed by atoms with E-state index in [1.54, 1.807) is 13.0 Å². The minimum Gasteiger partial charge on any atom is -0.397 e. The lowest BCUT2D eigenvalue weighted by Crippen LogP contribution is -2.36. The number of hydrogen-bond donors (Lipinski definition) is 2. The van der Waals surface area contributed by atoms with Crippen LogP contribution < -0.4 is 11.1 Å². The second-order valence-corrected chi connectivity index (χ2v) is 5.25. The number of nitrogens with one attached hydrogen (secondary N) is 1. The highest BCUT2D eigenvalue weighted by atomic mass is 19.1. The lowest BCUT2D eigenvalue weighted by molar-refractivity contribution is 0.145. The van der Waals surface area contributed by atoms with E-state index < -0.39 is 0 Å². The van der Waals surface area contributed by atoms with E-state index in [-0.39, 0.29) is 5.82 Å². The molecule has 0 heterocycles. The van der Waals surface area contributed by atoms with Gasteiger partial charge in [0.25, 0.3) is 0 Å². The first-order valence-corrected chi connectivity index (χ1v) is 6.36. The molecule has 17 heavy (non-hydrogen) atoms. The Balaban J connectivity index is 2.06. The molecule has 2 nitrogen and oxygen atoms in total. The molecule has 0 amide bonds. The minimum atomic E-state index is -0.234. The van der Waals surface area contributed by atoms with Gasteiger partial charge in [0.2, 0.25) is 0 Å². The average Bonchev–Trinajstić information content (AvgIpc) is 2.24. The first kappa shape index (κ1) is 12.2. The first-order chi connectivity index (χ1) is 8.06. The molecule has 1 saturated carbocycles. The van der Waals surface area contributed by atoms with Crippen LogP contribution >= 0.6 is 0 Å². The Bertz CT molecular complexity index is 405. The molecule has 0 aliphatic heterocycles. The summed E-state index contributed by atoms with van der Waals surface area (Å²) in [6.45, 7) is 4.94. The van der Waals surface area contributed by atoms with E-state index in [0.29, 0.717) is 16.7 Å². The van der Waals surface area contributed by atoms with Gasteiger partial charge in [0.1, 0.15) is 5.82 Å². The van der Waals surface area contributed by atoms with Gasteiger partial charge in [-0.05, 0) is 49.3 Å². The van der Waals surface area contributed by atoms with Crippen molar-refractivity contribution in [2.24, 2.45) is 5.41 Å². The van der Waals surface area contributed by atoms with Crippen molar-refractivity contribution in [3.8, 4) is 0 Å². The van der Waals surface area contributed by atoms with E-state index in [2.05, 4.69) is 12.2 Å². The fourth-order valence-electron chi connectivity index (χ4n) is 2.46. The zero-order valence-corrected chi connectivity index (χ0v) is 10.6. The van der Waals surface area contributed by atoms with Crippen molar-refractivity contribution < 1.29 is 4.39 Å². The molecular weight excluding hydrogens is 215 g/mol. The van der Waals surface area contributed by atoms with Gasteiger partial charge in [-0.3, -0.25) is 0 Å². The first-order valence-electron chi connectivity index (χ1n) is 6.36. The number of anilines is 2. The molecule has 1 aromatic rings. The van der Waals surface area contributed by atoms with Crippen LogP contribution in [-0.2, 0) is 0 Å². The van der Waals surface area contributed by atoms with Crippen LogP contribution in [0.15, 0.2) is 12.1 Å². The van der Waals surface area contributed by atoms with E-state index in [4.69, 9.17) is 5.73 Å². The lowest BCUT2D eigenvalue weighted by Gasteiger charge is -2.41. The van der Waals surface area contributed by atoms with Crippen LogP contribution in [0.3, 0.4) is 0 Å². The molecule has 0 spiro atoms. The number of nitrogen functional groups attached to an aromatic ring is 1. The zero-order valence-electron chi connectivity index (χ0n) is 10.6. The van der Waals surface area contributed by atoms with E-state index in [9.17, 15) is 4.39 Å². The summed E-state index contributed by atoms with van der Waals surface area (Å²) in [5, 5.41) is 3.38. The molecule has 1 aliphatic rings. The zero-order chi connectivity index (χ0) is 12.5. The van der Waals surface area contributed by atoms with Gasteiger partial charge >= 0.3 is 0 Å². The van der Waals surface area contributed by atoms with E-state index in [1.807, 2.05) is 0 Å². The third-order valence-electron chi connectivity index (χ3n) is 4.15. The second kappa shape index (κ2) is 4.55. The fourth-order valence-corrected chi connectivity index (χ4v) is 2.46. The maximum atomic E-state index is 13.3. The SMILES string of the molecule is CCC1(CNc2cc(C)c(F)cc2N)CCC1. The number of rotatable bonds is 4. The smallest absolute Gasteiger partial charge is 0.128 e. The largest absolute Gasteiger partial charge is 0.397 e. The monoisotopic (exact) mass is 236 g/mol. The molecule has 94 valence electrons. The molecule has 1 fully saturated rings. The van der Waals surface area contributed by atoms with Crippen LogP contribution in [0, 0.1) is 18.2 Å². The molecule has 1 aliphatic carbocycles. The highest BCUT2D eigenvalue weighted by molar-refractivity contribution is 5.67. The van der Waals surface area contributed by atoms with Crippen molar-refractivity contribution in [2.75, 3.05) is 17.6 Å². The van der Waals surface area contributed by atoms with Gasteiger partial charge in [0, 0.05) is 6.54 Å². The molecule has 0 unspecified atom stereocenters. The maximum absolute atomic E-state index is 13.3. The Morgan fingerprint density at radius 3 is 2.65 bits per heavy atom. The fraction of sp³-hybridized carbons (Fsp3) is 0.571. The van der Waals surface area contributed by atoms with Gasteiger partial charge in [-0.2, -0.15) is 0 Å². The van der Waals surface area contributed by atoms with Crippen LogP contribution in [0.5, 0.6) is 0 Å². The van der Waals surface area contributed by atoms with Crippen molar-refractivity contribution in [2.45, 2.75) is 39.5 Å². The maximum Gasteiger partial charge on any atom is 0.128 e. The summed E-state index contributed by atoms with van der Waals surface area (Å²) >= 11 is 0.